The van der Waals surface area contributed by atoms with E-state index in [0.29, 0.717) is 6.04 Å². The number of aromatic nitrogens is 1. The summed E-state index contributed by atoms with van der Waals surface area (Å²) in [7, 11) is 0. The first-order valence-electron chi connectivity index (χ1n) is 8.96. The molecule has 0 radical (unpaired) electrons. The first-order valence-corrected chi connectivity index (χ1v) is 8.96. The van der Waals surface area contributed by atoms with Gasteiger partial charge in [-0.1, -0.05) is 11.6 Å². The molecule has 1 atom stereocenters. The second-order valence-electron chi connectivity index (χ2n) is 6.92. The number of morpholine rings is 1. The molecule has 4 rings (SSSR count). The number of H-pyrrole nitrogens is 1. The first-order chi connectivity index (χ1) is 11.3. The standard InChI is InChI=1S/C19H27N3O/c1-14-5-6-17-16(13-14)15-3-2-4-18(19(15)21-17)20-7-8-22-9-11-23-12-10-22/h5-6,13,18,20-21H,2-4,7-12H2,1H3. The zero-order valence-electron chi connectivity index (χ0n) is 14.0. The Morgan fingerprint density at radius 2 is 2.17 bits per heavy atom. The highest BCUT2D eigenvalue weighted by Gasteiger charge is 2.24. The third-order valence-electron chi connectivity index (χ3n) is 5.29. The second-order valence-corrected chi connectivity index (χ2v) is 6.92. The Morgan fingerprint density at radius 1 is 1.30 bits per heavy atom. The summed E-state index contributed by atoms with van der Waals surface area (Å²) < 4.78 is 5.42. The summed E-state index contributed by atoms with van der Waals surface area (Å²) in [6, 6.07) is 7.24. The van der Waals surface area contributed by atoms with Crippen LogP contribution >= 0.6 is 0 Å². The van der Waals surface area contributed by atoms with Crippen molar-refractivity contribution in [1.82, 2.24) is 15.2 Å². The van der Waals surface area contributed by atoms with E-state index in [1.165, 1.54) is 41.4 Å². The number of nitrogens with zero attached hydrogens (tertiary/aromatic N) is 1. The van der Waals surface area contributed by atoms with Crippen LogP contribution in [0, 0.1) is 6.92 Å². The lowest BCUT2D eigenvalue weighted by atomic mass is 9.91. The molecule has 2 heterocycles. The summed E-state index contributed by atoms with van der Waals surface area (Å²) in [4.78, 5) is 6.18. The van der Waals surface area contributed by atoms with Crippen LogP contribution in [0.4, 0.5) is 0 Å². The highest BCUT2D eigenvalue weighted by molar-refractivity contribution is 5.85. The molecule has 0 amide bonds. The van der Waals surface area contributed by atoms with Gasteiger partial charge in [0.1, 0.15) is 0 Å². The first kappa shape index (κ1) is 15.2. The molecule has 0 spiro atoms. The lowest BCUT2D eigenvalue weighted by Crippen LogP contribution is -2.41. The quantitative estimate of drug-likeness (QED) is 0.912. The van der Waals surface area contributed by atoms with E-state index in [1.807, 2.05) is 0 Å². The normalized spacial score (nSPS) is 22.4. The van der Waals surface area contributed by atoms with E-state index in [9.17, 15) is 0 Å². The van der Waals surface area contributed by atoms with Crippen molar-refractivity contribution in [1.29, 1.82) is 0 Å². The average Bonchev–Trinajstić information content (AvgIpc) is 2.95. The van der Waals surface area contributed by atoms with Crippen LogP contribution in [0.1, 0.15) is 35.7 Å². The molecular formula is C19H27N3O. The number of hydrogen-bond donors (Lipinski definition) is 2. The molecule has 23 heavy (non-hydrogen) atoms. The highest BCUT2D eigenvalue weighted by atomic mass is 16.5. The number of benzene rings is 1. The van der Waals surface area contributed by atoms with Crippen molar-refractivity contribution in [3.05, 3.63) is 35.0 Å². The van der Waals surface area contributed by atoms with Crippen molar-refractivity contribution < 1.29 is 4.74 Å². The predicted octanol–water partition coefficient (Wildman–Crippen LogP) is 2.78. The smallest absolute Gasteiger partial charge is 0.0594 e. The van der Waals surface area contributed by atoms with E-state index >= 15 is 0 Å². The molecule has 4 nitrogen and oxygen atoms in total. The Bertz CT molecular complexity index is 673. The SMILES string of the molecule is Cc1ccc2[nH]c3c(c2c1)CCCC3NCCN1CCOCC1. The maximum Gasteiger partial charge on any atom is 0.0594 e. The van der Waals surface area contributed by atoms with Gasteiger partial charge >= 0.3 is 0 Å². The molecule has 0 bridgehead atoms. The van der Waals surface area contributed by atoms with Gasteiger partial charge in [0.25, 0.3) is 0 Å². The lowest BCUT2D eigenvalue weighted by Gasteiger charge is -2.29. The minimum absolute atomic E-state index is 0.479. The molecule has 1 aliphatic carbocycles. The fourth-order valence-corrected chi connectivity index (χ4v) is 4.00. The van der Waals surface area contributed by atoms with Crippen molar-refractivity contribution in [3.8, 4) is 0 Å². The van der Waals surface area contributed by atoms with Crippen molar-refractivity contribution >= 4 is 10.9 Å². The number of hydrogen-bond acceptors (Lipinski definition) is 3. The van der Waals surface area contributed by atoms with Gasteiger partial charge in [0.2, 0.25) is 0 Å². The molecule has 1 saturated heterocycles. The largest absolute Gasteiger partial charge is 0.379 e. The number of aryl methyl sites for hydroxylation is 2. The van der Waals surface area contributed by atoms with Crippen LogP contribution in [-0.4, -0.2) is 49.3 Å². The van der Waals surface area contributed by atoms with Gasteiger partial charge in [-0.3, -0.25) is 4.90 Å². The zero-order valence-corrected chi connectivity index (χ0v) is 14.0. The summed E-state index contributed by atoms with van der Waals surface area (Å²) in [6.45, 7) is 8.27. The number of nitrogens with one attached hydrogen (secondary N) is 2. The summed E-state index contributed by atoms with van der Waals surface area (Å²) in [5.74, 6) is 0. The van der Waals surface area contributed by atoms with Crippen molar-refractivity contribution in [2.75, 3.05) is 39.4 Å². The maximum absolute atomic E-state index is 5.42. The van der Waals surface area contributed by atoms with Crippen LogP contribution in [-0.2, 0) is 11.2 Å². The topological polar surface area (TPSA) is 40.3 Å². The van der Waals surface area contributed by atoms with Crippen molar-refractivity contribution in [3.63, 3.8) is 0 Å². The van der Waals surface area contributed by atoms with Gasteiger partial charge < -0.3 is 15.0 Å². The van der Waals surface area contributed by atoms with Gasteiger partial charge in [-0.05, 0) is 43.9 Å². The molecule has 2 aliphatic rings. The average molecular weight is 313 g/mol. The maximum atomic E-state index is 5.42. The van der Waals surface area contributed by atoms with E-state index in [1.54, 1.807) is 5.56 Å². The van der Waals surface area contributed by atoms with E-state index in [0.717, 1.165) is 39.4 Å². The third-order valence-corrected chi connectivity index (χ3v) is 5.29. The molecular weight excluding hydrogens is 286 g/mol. The molecule has 1 aliphatic heterocycles. The fourth-order valence-electron chi connectivity index (χ4n) is 4.00. The number of rotatable bonds is 4. The summed E-state index contributed by atoms with van der Waals surface area (Å²) in [5.41, 5.74) is 5.61. The molecule has 1 unspecified atom stereocenters. The molecule has 2 aromatic rings. The number of ether oxygens (including phenoxy) is 1. The molecule has 2 N–H and O–H groups in total. The van der Waals surface area contributed by atoms with E-state index in [-0.39, 0.29) is 0 Å². The van der Waals surface area contributed by atoms with Gasteiger partial charge in [-0.15, -0.1) is 0 Å². The Balaban J connectivity index is 1.46. The molecule has 1 aromatic heterocycles. The summed E-state index contributed by atoms with van der Waals surface area (Å²) in [5, 5.41) is 5.22. The Morgan fingerprint density at radius 3 is 3.04 bits per heavy atom. The zero-order chi connectivity index (χ0) is 15.6. The Hall–Kier alpha value is -1.36. The fraction of sp³-hybridized carbons (Fsp3) is 0.579. The van der Waals surface area contributed by atoms with Gasteiger partial charge in [0.15, 0.2) is 0 Å². The summed E-state index contributed by atoms with van der Waals surface area (Å²) in [6.07, 6.45) is 3.73. The highest BCUT2D eigenvalue weighted by Crippen LogP contribution is 2.34. The predicted molar refractivity (Wildman–Crippen MR) is 94.0 cm³/mol. The van der Waals surface area contributed by atoms with E-state index in [2.05, 4.69) is 40.3 Å². The monoisotopic (exact) mass is 313 g/mol. The van der Waals surface area contributed by atoms with Gasteiger partial charge in [-0.2, -0.15) is 0 Å². The third kappa shape index (κ3) is 3.16. The van der Waals surface area contributed by atoms with Crippen LogP contribution < -0.4 is 5.32 Å². The van der Waals surface area contributed by atoms with Gasteiger partial charge in [0, 0.05) is 48.8 Å². The second kappa shape index (κ2) is 6.63. The Labute approximate surface area is 138 Å². The van der Waals surface area contributed by atoms with Gasteiger partial charge in [0.05, 0.1) is 13.2 Å². The molecule has 124 valence electrons. The van der Waals surface area contributed by atoms with Crippen LogP contribution in [0.3, 0.4) is 0 Å². The summed E-state index contributed by atoms with van der Waals surface area (Å²) >= 11 is 0. The van der Waals surface area contributed by atoms with Gasteiger partial charge in [-0.25, -0.2) is 0 Å². The Kier molecular flexibility index (Phi) is 4.38. The van der Waals surface area contributed by atoms with Crippen molar-refractivity contribution in [2.45, 2.75) is 32.2 Å². The number of fused-ring (bicyclic) bond motifs is 3. The molecule has 1 aromatic carbocycles. The minimum atomic E-state index is 0.479. The molecule has 0 saturated carbocycles. The number of aromatic amines is 1. The lowest BCUT2D eigenvalue weighted by molar-refractivity contribution is 0.0380. The van der Waals surface area contributed by atoms with Crippen LogP contribution in [0.25, 0.3) is 10.9 Å². The minimum Gasteiger partial charge on any atom is -0.379 e. The molecule has 4 heteroatoms. The van der Waals surface area contributed by atoms with E-state index in [4.69, 9.17) is 4.74 Å². The van der Waals surface area contributed by atoms with E-state index < -0.39 is 0 Å². The van der Waals surface area contributed by atoms with Crippen LogP contribution in [0.15, 0.2) is 18.2 Å². The van der Waals surface area contributed by atoms with Crippen LogP contribution in [0.5, 0.6) is 0 Å². The van der Waals surface area contributed by atoms with Crippen molar-refractivity contribution in [2.24, 2.45) is 0 Å². The van der Waals surface area contributed by atoms with Crippen LogP contribution in [0.2, 0.25) is 0 Å². The molecule has 1 fully saturated rings.